The van der Waals surface area contributed by atoms with E-state index < -0.39 is 12.7 Å². The van der Waals surface area contributed by atoms with Gasteiger partial charge in [-0.05, 0) is 31.0 Å². The Bertz CT molecular complexity index is 1080. The second-order valence-electron chi connectivity index (χ2n) is 7.67. The van der Waals surface area contributed by atoms with Gasteiger partial charge in [-0.1, -0.05) is 6.07 Å². The number of nitrogens with zero attached hydrogens (tertiary/aromatic N) is 4. The molecule has 1 saturated heterocycles. The number of rotatable bonds is 5. The zero-order valence-electron chi connectivity index (χ0n) is 16.6. The molecule has 160 valence electrons. The molecule has 0 unspecified atom stereocenters. The van der Waals surface area contributed by atoms with Crippen LogP contribution >= 0.6 is 0 Å². The number of halogens is 3. The second kappa shape index (κ2) is 8.14. The van der Waals surface area contributed by atoms with Crippen molar-refractivity contribution in [2.45, 2.75) is 38.2 Å². The van der Waals surface area contributed by atoms with Crippen LogP contribution in [0.3, 0.4) is 0 Å². The molecule has 1 aliphatic heterocycles. The molecule has 0 N–H and O–H groups in total. The highest BCUT2D eigenvalue weighted by Gasteiger charge is 2.28. The monoisotopic (exact) mass is 420 g/mol. The zero-order chi connectivity index (χ0) is 21.3. The fourth-order valence-corrected chi connectivity index (χ4v) is 3.85. The van der Waals surface area contributed by atoms with Crippen molar-refractivity contribution in [3.8, 4) is 5.75 Å². The molecule has 0 atom stereocenters. The van der Waals surface area contributed by atoms with Crippen molar-refractivity contribution in [1.29, 1.82) is 0 Å². The van der Waals surface area contributed by atoms with E-state index >= 15 is 0 Å². The molecule has 30 heavy (non-hydrogen) atoms. The van der Waals surface area contributed by atoms with Gasteiger partial charge in [0.1, 0.15) is 18.4 Å². The van der Waals surface area contributed by atoms with Crippen molar-refractivity contribution in [2.75, 3.05) is 13.1 Å². The van der Waals surface area contributed by atoms with E-state index in [-0.39, 0.29) is 11.7 Å². The summed E-state index contributed by atoms with van der Waals surface area (Å²) in [6.07, 6.45) is 1.89. The Morgan fingerprint density at radius 3 is 2.67 bits per heavy atom. The van der Waals surface area contributed by atoms with Gasteiger partial charge in [0.25, 0.3) is 5.56 Å². The lowest BCUT2D eigenvalue weighted by atomic mass is 10.1. The Labute approximate surface area is 171 Å². The third kappa shape index (κ3) is 4.67. The van der Waals surface area contributed by atoms with E-state index in [9.17, 15) is 18.0 Å². The maximum Gasteiger partial charge on any atom is 0.406 e. The van der Waals surface area contributed by atoms with Gasteiger partial charge in [-0.15, -0.1) is 0 Å². The van der Waals surface area contributed by atoms with Gasteiger partial charge in [-0.2, -0.15) is 13.2 Å². The molecular weight excluding hydrogens is 397 g/mol. The number of fused-ring (bicyclic) bond motifs is 1. The van der Waals surface area contributed by atoms with Gasteiger partial charge in [0, 0.05) is 44.5 Å². The highest BCUT2D eigenvalue weighted by atomic mass is 19.4. The number of hydrogen-bond acceptors (Lipinski definition) is 4. The second-order valence-corrected chi connectivity index (χ2v) is 7.67. The number of aromatic nitrogens is 3. The van der Waals surface area contributed by atoms with Crippen LogP contribution in [-0.2, 0) is 20.1 Å². The minimum Gasteiger partial charge on any atom is -0.490 e. The number of benzene rings is 1. The molecule has 3 aromatic rings. The fourth-order valence-electron chi connectivity index (χ4n) is 3.85. The van der Waals surface area contributed by atoms with Gasteiger partial charge in [0.15, 0.2) is 0 Å². The average Bonchev–Trinajstić information content (AvgIpc) is 3.09. The molecule has 0 spiro atoms. The standard InChI is InChI=1S/C21H23F3N4O2/c1-26-12-15(25-11-20(26)29)13-27-8-5-16(6-9-27)30-19-4-2-3-18-17(19)7-10-28(18)14-21(22,23)24/h2-4,7,10-12,16H,5-6,8-9,13-14H2,1H3. The van der Waals surface area contributed by atoms with Gasteiger partial charge in [-0.3, -0.25) is 14.7 Å². The summed E-state index contributed by atoms with van der Waals surface area (Å²) in [5, 5.41) is 0.693. The summed E-state index contributed by atoms with van der Waals surface area (Å²) in [5.74, 6) is 0.617. The summed E-state index contributed by atoms with van der Waals surface area (Å²) in [6.45, 7) is 1.29. The van der Waals surface area contributed by atoms with Crippen LogP contribution in [0.15, 0.2) is 47.7 Å². The van der Waals surface area contributed by atoms with Crippen LogP contribution in [0.25, 0.3) is 10.9 Å². The average molecular weight is 420 g/mol. The van der Waals surface area contributed by atoms with E-state index in [1.165, 1.54) is 21.5 Å². The van der Waals surface area contributed by atoms with Crippen molar-refractivity contribution in [1.82, 2.24) is 19.0 Å². The van der Waals surface area contributed by atoms with Crippen LogP contribution in [0.4, 0.5) is 13.2 Å². The first-order chi connectivity index (χ1) is 14.3. The van der Waals surface area contributed by atoms with Crippen LogP contribution in [0.1, 0.15) is 18.5 Å². The maximum atomic E-state index is 12.8. The molecule has 4 rings (SSSR count). The molecule has 0 radical (unpaired) electrons. The van der Waals surface area contributed by atoms with Crippen molar-refractivity contribution in [2.24, 2.45) is 7.05 Å². The van der Waals surface area contributed by atoms with Crippen molar-refractivity contribution >= 4 is 10.9 Å². The van der Waals surface area contributed by atoms with Crippen molar-refractivity contribution in [3.05, 3.63) is 58.9 Å². The lowest BCUT2D eigenvalue weighted by Crippen LogP contribution is -2.38. The Kier molecular flexibility index (Phi) is 5.55. The van der Waals surface area contributed by atoms with Crippen LogP contribution < -0.4 is 10.3 Å². The fraction of sp³-hybridized carbons (Fsp3) is 0.429. The Morgan fingerprint density at radius 2 is 1.97 bits per heavy atom. The summed E-state index contributed by atoms with van der Waals surface area (Å²) >= 11 is 0. The summed E-state index contributed by atoms with van der Waals surface area (Å²) in [4.78, 5) is 17.9. The zero-order valence-corrected chi connectivity index (χ0v) is 16.6. The largest absolute Gasteiger partial charge is 0.490 e. The van der Waals surface area contributed by atoms with Gasteiger partial charge < -0.3 is 13.9 Å². The van der Waals surface area contributed by atoms with Gasteiger partial charge in [-0.25, -0.2) is 0 Å². The SMILES string of the molecule is Cn1cc(CN2CCC(Oc3cccc4c3ccn4CC(F)(F)F)CC2)ncc1=O. The molecule has 9 heteroatoms. The Balaban J connectivity index is 1.38. The number of hydrogen-bond donors (Lipinski definition) is 0. The quantitative estimate of drug-likeness (QED) is 0.635. The first-order valence-corrected chi connectivity index (χ1v) is 9.84. The molecule has 2 aromatic heterocycles. The topological polar surface area (TPSA) is 52.3 Å². The van der Waals surface area contributed by atoms with E-state index in [1.807, 2.05) is 0 Å². The van der Waals surface area contributed by atoms with Crippen LogP contribution in [0, 0.1) is 0 Å². The predicted octanol–water partition coefficient (Wildman–Crippen LogP) is 3.34. The molecule has 1 aliphatic rings. The molecule has 6 nitrogen and oxygen atoms in total. The number of aryl methyl sites for hydroxylation is 1. The summed E-state index contributed by atoms with van der Waals surface area (Å²) in [5.41, 5.74) is 1.22. The highest BCUT2D eigenvalue weighted by Crippen LogP contribution is 2.31. The summed E-state index contributed by atoms with van der Waals surface area (Å²) in [6, 6.07) is 6.89. The van der Waals surface area contributed by atoms with E-state index in [1.54, 1.807) is 37.5 Å². The molecule has 0 bridgehead atoms. The van der Waals surface area contributed by atoms with E-state index in [2.05, 4.69) is 9.88 Å². The van der Waals surface area contributed by atoms with E-state index in [0.717, 1.165) is 31.6 Å². The molecule has 1 aromatic carbocycles. The van der Waals surface area contributed by atoms with E-state index in [0.29, 0.717) is 23.2 Å². The van der Waals surface area contributed by atoms with Crippen LogP contribution in [0.2, 0.25) is 0 Å². The number of ether oxygens (including phenoxy) is 1. The third-order valence-electron chi connectivity index (χ3n) is 5.37. The number of alkyl halides is 3. The predicted molar refractivity (Wildman–Crippen MR) is 106 cm³/mol. The third-order valence-corrected chi connectivity index (χ3v) is 5.37. The molecule has 0 aliphatic carbocycles. The molecule has 0 amide bonds. The van der Waals surface area contributed by atoms with Gasteiger partial charge in [0.05, 0.1) is 17.4 Å². The summed E-state index contributed by atoms with van der Waals surface area (Å²) < 4.78 is 47.2. The number of piperidine rings is 1. The van der Waals surface area contributed by atoms with Gasteiger partial charge >= 0.3 is 6.18 Å². The Morgan fingerprint density at radius 1 is 1.20 bits per heavy atom. The summed E-state index contributed by atoms with van der Waals surface area (Å²) in [7, 11) is 1.70. The molecule has 0 saturated carbocycles. The van der Waals surface area contributed by atoms with Crippen molar-refractivity contribution in [3.63, 3.8) is 0 Å². The molecule has 1 fully saturated rings. The van der Waals surface area contributed by atoms with Crippen molar-refractivity contribution < 1.29 is 17.9 Å². The first kappa shape index (κ1) is 20.5. The maximum absolute atomic E-state index is 12.8. The molecule has 3 heterocycles. The minimum atomic E-state index is -4.27. The lowest BCUT2D eigenvalue weighted by Gasteiger charge is -2.32. The highest BCUT2D eigenvalue weighted by molar-refractivity contribution is 5.86. The van der Waals surface area contributed by atoms with E-state index in [4.69, 9.17) is 4.74 Å². The Hall–Kier alpha value is -2.81. The molecular formula is C21H23F3N4O2. The lowest BCUT2D eigenvalue weighted by molar-refractivity contribution is -0.139. The van der Waals surface area contributed by atoms with Gasteiger partial charge in [0.2, 0.25) is 0 Å². The minimum absolute atomic E-state index is 0.00547. The van der Waals surface area contributed by atoms with Crippen LogP contribution in [0.5, 0.6) is 5.75 Å². The first-order valence-electron chi connectivity index (χ1n) is 9.84. The smallest absolute Gasteiger partial charge is 0.406 e. The van der Waals surface area contributed by atoms with Crippen LogP contribution in [-0.4, -0.2) is 44.4 Å². The normalized spacial score (nSPS) is 16.3. The number of likely N-dealkylation sites (tertiary alicyclic amines) is 1.